The quantitative estimate of drug-likeness (QED) is 0.646. The third kappa shape index (κ3) is 3.34. The van der Waals surface area contributed by atoms with Gasteiger partial charge in [-0.2, -0.15) is 0 Å². The summed E-state index contributed by atoms with van der Waals surface area (Å²) in [4.78, 5) is 9.27. The van der Waals surface area contributed by atoms with Crippen molar-refractivity contribution in [2.75, 3.05) is 0 Å². The first-order valence-electron chi connectivity index (χ1n) is 9.12. The first kappa shape index (κ1) is 17.0. The van der Waals surface area contributed by atoms with Gasteiger partial charge in [-0.1, -0.05) is 47.0 Å². The summed E-state index contributed by atoms with van der Waals surface area (Å²) in [7, 11) is 0. The molecule has 0 saturated carbocycles. The summed E-state index contributed by atoms with van der Waals surface area (Å²) in [6.07, 6.45) is 11.1. The second-order valence-corrected chi connectivity index (χ2v) is 6.15. The van der Waals surface area contributed by atoms with Gasteiger partial charge in [0.05, 0.1) is 11.2 Å². The van der Waals surface area contributed by atoms with E-state index in [2.05, 4.69) is 42.2 Å². The summed E-state index contributed by atoms with van der Waals surface area (Å²) in [5, 5.41) is 1.37. The van der Waals surface area contributed by atoms with Crippen LogP contribution in [0, 0.1) is 0 Å². The van der Waals surface area contributed by atoms with Gasteiger partial charge < -0.3 is 4.57 Å². The molecule has 0 aliphatic rings. The van der Waals surface area contributed by atoms with Crippen LogP contribution < -0.4 is 0 Å². The maximum atomic E-state index is 4.66. The van der Waals surface area contributed by atoms with E-state index in [1.807, 2.05) is 0 Å². The minimum Gasteiger partial charge on any atom is -0.346 e. The number of nitrogens with zero attached hydrogens (tertiary/aromatic N) is 3. The molecule has 0 spiro atoms. The van der Waals surface area contributed by atoms with Gasteiger partial charge in [0.1, 0.15) is 6.33 Å². The number of unbranched alkanes of at least 4 members (excludes halogenated alkanes) is 2. The third-order valence-corrected chi connectivity index (χ3v) is 4.46. The molecule has 0 unspecified atom stereocenters. The number of fused-ring (bicyclic) bond motifs is 1. The first-order chi connectivity index (χ1) is 10.8. The maximum Gasteiger partial charge on any atom is 0.116 e. The van der Waals surface area contributed by atoms with Crippen LogP contribution in [-0.4, -0.2) is 14.5 Å². The molecular formula is C19H31N3. The number of hydrogen-bond acceptors (Lipinski definition) is 2. The van der Waals surface area contributed by atoms with Crippen LogP contribution in [0.2, 0.25) is 0 Å². The van der Waals surface area contributed by atoms with E-state index in [0.717, 1.165) is 32.2 Å². The Morgan fingerprint density at radius 2 is 1.64 bits per heavy atom. The van der Waals surface area contributed by atoms with E-state index >= 15 is 0 Å². The van der Waals surface area contributed by atoms with Crippen molar-refractivity contribution in [3.05, 3.63) is 23.4 Å². The lowest BCUT2D eigenvalue weighted by atomic mass is 10.1. The SMILES string of the molecule is CCCCc1c2c(CCC)ncnc2c(CC)n1CCCC. The summed E-state index contributed by atoms with van der Waals surface area (Å²) in [5.74, 6) is 0. The highest BCUT2D eigenvalue weighted by Gasteiger charge is 2.19. The van der Waals surface area contributed by atoms with Crippen molar-refractivity contribution in [1.29, 1.82) is 0 Å². The molecule has 3 nitrogen and oxygen atoms in total. The number of aryl methyl sites for hydroxylation is 3. The fraction of sp³-hybridized carbons (Fsp3) is 0.684. The Morgan fingerprint density at radius 3 is 2.27 bits per heavy atom. The number of hydrogen-bond donors (Lipinski definition) is 0. The van der Waals surface area contributed by atoms with Gasteiger partial charge >= 0.3 is 0 Å². The largest absolute Gasteiger partial charge is 0.346 e. The Hall–Kier alpha value is -1.38. The van der Waals surface area contributed by atoms with Crippen LogP contribution in [0.25, 0.3) is 10.9 Å². The average Bonchev–Trinajstić information content (AvgIpc) is 2.84. The lowest BCUT2D eigenvalue weighted by molar-refractivity contribution is 0.584. The van der Waals surface area contributed by atoms with Crippen molar-refractivity contribution in [1.82, 2.24) is 14.5 Å². The second kappa shape index (κ2) is 8.30. The zero-order valence-corrected chi connectivity index (χ0v) is 14.8. The predicted molar refractivity (Wildman–Crippen MR) is 94.4 cm³/mol. The molecule has 0 aliphatic carbocycles. The molecule has 122 valence electrons. The summed E-state index contributed by atoms with van der Waals surface area (Å²) in [6.45, 7) is 10.1. The van der Waals surface area contributed by atoms with Gasteiger partial charge in [0, 0.05) is 23.3 Å². The van der Waals surface area contributed by atoms with E-state index in [-0.39, 0.29) is 0 Å². The number of aromatic nitrogens is 3. The van der Waals surface area contributed by atoms with Crippen molar-refractivity contribution in [2.24, 2.45) is 0 Å². The van der Waals surface area contributed by atoms with Gasteiger partial charge in [-0.25, -0.2) is 9.97 Å². The molecule has 0 aromatic carbocycles. The predicted octanol–water partition coefficient (Wildman–Crippen LogP) is 5.09. The Bertz CT molecular complexity index is 598. The average molecular weight is 301 g/mol. The normalized spacial score (nSPS) is 11.5. The van der Waals surface area contributed by atoms with Crippen molar-refractivity contribution in [2.45, 2.75) is 85.6 Å². The molecule has 0 atom stereocenters. The molecule has 2 aromatic heterocycles. The smallest absolute Gasteiger partial charge is 0.116 e. The van der Waals surface area contributed by atoms with Crippen LogP contribution >= 0.6 is 0 Å². The molecule has 2 aromatic rings. The van der Waals surface area contributed by atoms with E-state index in [9.17, 15) is 0 Å². The van der Waals surface area contributed by atoms with Crippen molar-refractivity contribution < 1.29 is 0 Å². The summed E-state index contributed by atoms with van der Waals surface area (Å²) in [5.41, 5.74) is 5.37. The lowest BCUT2D eigenvalue weighted by Crippen LogP contribution is -2.07. The fourth-order valence-corrected chi connectivity index (χ4v) is 3.34. The Kier molecular flexibility index (Phi) is 6.41. The molecule has 0 fully saturated rings. The van der Waals surface area contributed by atoms with Gasteiger partial charge in [0.15, 0.2) is 0 Å². The lowest BCUT2D eigenvalue weighted by Gasteiger charge is -2.12. The molecule has 22 heavy (non-hydrogen) atoms. The summed E-state index contributed by atoms with van der Waals surface area (Å²) >= 11 is 0. The molecule has 3 heteroatoms. The molecule has 0 bridgehead atoms. The van der Waals surface area contributed by atoms with E-state index in [0.29, 0.717) is 0 Å². The Labute approximate surface area is 135 Å². The third-order valence-electron chi connectivity index (χ3n) is 4.46. The van der Waals surface area contributed by atoms with Gasteiger partial charge in [-0.15, -0.1) is 0 Å². The highest BCUT2D eigenvalue weighted by Crippen LogP contribution is 2.29. The monoisotopic (exact) mass is 301 g/mol. The Balaban J connectivity index is 2.63. The molecule has 0 N–H and O–H groups in total. The molecule has 2 heterocycles. The van der Waals surface area contributed by atoms with Crippen LogP contribution in [0.15, 0.2) is 6.33 Å². The minimum absolute atomic E-state index is 1.05. The van der Waals surface area contributed by atoms with E-state index in [1.54, 1.807) is 6.33 Å². The molecule has 0 saturated heterocycles. The summed E-state index contributed by atoms with van der Waals surface area (Å²) < 4.78 is 2.57. The van der Waals surface area contributed by atoms with E-state index < -0.39 is 0 Å². The van der Waals surface area contributed by atoms with Gasteiger partial charge in [0.25, 0.3) is 0 Å². The minimum atomic E-state index is 1.05. The topological polar surface area (TPSA) is 30.7 Å². The highest BCUT2D eigenvalue weighted by atomic mass is 15.0. The van der Waals surface area contributed by atoms with Gasteiger partial charge in [-0.3, -0.25) is 0 Å². The second-order valence-electron chi connectivity index (χ2n) is 6.15. The zero-order valence-electron chi connectivity index (χ0n) is 14.8. The maximum absolute atomic E-state index is 4.66. The Morgan fingerprint density at radius 1 is 0.864 bits per heavy atom. The number of rotatable bonds is 9. The van der Waals surface area contributed by atoms with E-state index in [4.69, 9.17) is 0 Å². The molecule has 2 rings (SSSR count). The van der Waals surface area contributed by atoms with Crippen molar-refractivity contribution >= 4 is 10.9 Å². The molecule has 0 amide bonds. The van der Waals surface area contributed by atoms with Gasteiger partial charge in [0.2, 0.25) is 0 Å². The zero-order chi connectivity index (χ0) is 15.9. The first-order valence-corrected chi connectivity index (χ1v) is 9.12. The standard InChI is InChI=1S/C19H31N3/c1-5-9-12-17-18-15(11-7-3)20-14-21-19(18)16(8-4)22(17)13-10-6-2/h14H,5-13H2,1-4H3. The molecular weight excluding hydrogens is 270 g/mol. The van der Waals surface area contributed by atoms with Crippen LogP contribution in [-0.2, 0) is 25.8 Å². The highest BCUT2D eigenvalue weighted by molar-refractivity contribution is 5.87. The summed E-state index contributed by atoms with van der Waals surface area (Å²) in [6, 6.07) is 0. The van der Waals surface area contributed by atoms with E-state index in [1.165, 1.54) is 53.7 Å². The van der Waals surface area contributed by atoms with Crippen LogP contribution in [0.4, 0.5) is 0 Å². The molecule has 0 radical (unpaired) electrons. The fourth-order valence-electron chi connectivity index (χ4n) is 3.34. The van der Waals surface area contributed by atoms with Crippen LogP contribution in [0.1, 0.15) is 76.9 Å². The van der Waals surface area contributed by atoms with Crippen molar-refractivity contribution in [3.63, 3.8) is 0 Å². The van der Waals surface area contributed by atoms with Gasteiger partial charge in [-0.05, 0) is 32.1 Å². The van der Waals surface area contributed by atoms with Crippen LogP contribution in [0.5, 0.6) is 0 Å². The van der Waals surface area contributed by atoms with Crippen LogP contribution in [0.3, 0.4) is 0 Å². The van der Waals surface area contributed by atoms with Crippen molar-refractivity contribution in [3.8, 4) is 0 Å². The molecule has 0 aliphatic heterocycles.